The molecule has 0 unspecified atom stereocenters. The summed E-state index contributed by atoms with van der Waals surface area (Å²) in [6.07, 6.45) is 1.41. The van der Waals surface area contributed by atoms with Crippen LogP contribution in [0, 0.1) is 5.82 Å². The van der Waals surface area contributed by atoms with E-state index < -0.39 is 11.7 Å². The van der Waals surface area contributed by atoms with Gasteiger partial charge in [0.2, 0.25) is 0 Å². The number of halogens is 4. The molecule has 1 heterocycles. The van der Waals surface area contributed by atoms with Crippen LogP contribution in [0.1, 0.15) is 10.4 Å². The fourth-order valence-electron chi connectivity index (χ4n) is 1.36. The topological polar surface area (TPSA) is 42.0 Å². The molecule has 19 heavy (non-hydrogen) atoms. The minimum absolute atomic E-state index is 0.0403. The highest BCUT2D eigenvalue weighted by Gasteiger charge is 2.12. The number of hydrogen-bond donors (Lipinski definition) is 1. The molecule has 0 aliphatic heterocycles. The highest BCUT2D eigenvalue weighted by Crippen LogP contribution is 2.24. The van der Waals surface area contributed by atoms with Crippen LogP contribution in [0.15, 0.2) is 34.9 Å². The number of benzene rings is 1. The summed E-state index contributed by atoms with van der Waals surface area (Å²) in [6, 6.07) is 5.15. The Labute approximate surface area is 126 Å². The minimum atomic E-state index is -0.502. The van der Waals surface area contributed by atoms with Crippen LogP contribution >= 0.6 is 39.1 Å². The fraction of sp³-hybridized carbons (Fsp3) is 0. The molecule has 1 N–H and O–H groups in total. The maximum atomic E-state index is 12.9. The quantitative estimate of drug-likeness (QED) is 0.795. The van der Waals surface area contributed by atoms with Crippen molar-refractivity contribution in [2.24, 2.45) is 0 Å². The van der Waals surface area contributed by atoms with E-state index in [9.17, 15) is 9.18 Å². The van der Waals surface area contributed by atoms with Gasteiger partial charge in [0.25, 0.3) is 5.91 Å². The van der Waals surface area contributed by atoms with E-state index in [0.717, 1.165) is 12.1 Å². The molecule has 2 aromatic rings. The number of hydrogen-bond acceptors (Lipinski definition) is 2. The van der Waals surface area contributed by atoms with Crippen LogP contribution in [-0.4, -0.2) is 10.9 Å². The van der Waals surface area contributed by atoms with E-state index in [2.05, 4.69) is 26.2 Å². The first-order valence-corrected chi connectivity index (χ1v) is 6.59. The van der Waals surface area contributed by atoms with Crippen LogP contribution in [0.3, 0.4) is 0 Å². The second kappa shape index (κ2) is 5.86. The van der Waals surface area contributed by atoms with E-state index in [1.165, 1.54) is 12.3 Å². The summed E-state index contributed by atoms with van der Waals surface area (Å²) >= 11 is 14.7. The highest BCUT2D eigenvalue weighted by molar-refractivity contribution is 9.10. The minimum Gasteiger partial charge on any atom is -0.321 e. The average Bonchev–Trinajstić information content (AvgIpc) is 2.33. The normalized spacial score (nSPS) is 10.3. The van der Waals surface area contributed by atoms with Crippen molar-refractivity contribution >= 4 is 50.7 Å². The first-order chi connectivity index (χ1) is 8.97. The van der Waals surface area contributed by atoms with Gasteiger partial charge in [0.15, 0.2) is 0 Å². The molecule has 0 bridgehead atoms. The Hall–Kier alpha value is -1.17. The summed E-state index contributed by atoms with van der Waals surface area (Å²) < 4.78 is 13.4. The van der Waals surface area contributed by atoms with Crippen molar-refractivity contribution in [2.45, 2.75) is 0 Å². The molecule has 1 aromatic heterocycles. The maximum absolute atomic E-state index is 12.9. The van der Waals surface area contributed by atoms with Gasteiger partial charge in [-0.1, -0.05) is 23.2 Å². The molecule has 0 atom stereocenters. The van der Waals surface area contributed by atoms with Gasteiger partial charge in [0.1, 0.15) is 11.0 Å². The molecule has 0 aliphatic carbocycles. The van der Waals surface area contributed by atoms with Gasteiger partial charge in [-0.3, -0.25) is 4.79 Å². The molecule has 0 fully saturated rings. The number of aromatic nitrogens is 1. The van der Waals surface area contributed by atoms with Crippen molar-refractivity contribution < 1.29 is 9.18 Å². The van der Waals surface area contributed by atoms with E-state index in [-0.39, 0.29) is 15.7 Å². The molecule has 0 aliphatic rings. The molecule has 1 amide bonds. The molecule has 1 aromatic carbocycles. The predicted molar refractivity (Wildman–Crippen MR) is 76.3 cm³/mol. The number of carbonyl (C=O) groups is 1. The van der Waals surface area contributed by atoms with Crippen molar-refractivity contribution in [1.82, 2.24) is 4.98 Å². The smallest absolute Gasteiger partial charge is 0.257 e. The number of pyridine rings is 1. The SMILES string of the molecule is O=C(Nc1cnc(Cl)c(Br)c1)c1ccc(F)cc1Cl. The number of nitrogens with one attached hydrogen (secondary N) is 1. The predicted octanol–water partition coefficient (Wildman–Crippen LogP) is 4.54. The molecule has 0 spiro atoms. The van der Waals surface area contributed by atoms with Crippen LogP contribution < -0.4 is 5.32 Å². The van der Waals surface area contributed by atoms with Crippen molar-refractivity contribution in [2.75, 3.05) is 5.32 Å². The monoisotopic (exact) mass is 362 g/mol. The Morgan fingerprint density at radius 3 is 2.68 bits per heavy atom. The summed E-state index contributed by atoms with van der Waals surface area (Å²) in [5.74, 6) is -0.960. The van der Waals surface area contributed by atoms with Gasteiger partial charge < -0.3 is 5.32 Å². The summed E-state index contributed by atoms with van der Waals surface area (Å²) in [5.41, 5.74) is 0.621. The standard InChI is InChI=1S/C12H6BrCl2FN2O/c13-9-4-7(5-17-11(9)15)18-12(19)8-2-1-6(16)3-10(8)14/h1-5H,(H,18,19). The van der Waals surface area contributed by atoms with E-state index in [1.807, 2.05) is 0 Å². The number of carbonyl (C=O) groups excluding carboxylic acids is 1. The Kier molecular flexibility index (Phi) is 4.39. The van der Waals surface area contributed by atoms with Gasteiger partial charge in [-0.05, 0) is 40.2 Å². The zero-order chi connectivity index (χ0) is 14.0. The lowest BCUT2D eigenvalue weighted by atomic mass is 10.2. The number of amides is 1. The van der Waals surface area contributed by atoms with Crippen molar-refractivity contribution in [3.8, 4) is 0 Å². The zero-order valence-electron chi connectivity index (χ0n) is 9.25. The number of nitrogens with zero attached hydrogens (tertiary/aromatic N) is 1. The molecule has 2 rings (SSSR count). The summed E-state index contributed by atoms with van der Waals surface area (Å²) in [7, 11) is 0. The molecular weight excluding hydrogens is 358 g/mol. The third-order valence-electron chi connectivity index (χ3n) is 2.23. The number of rotatable bonds is 2. The lowest BCUT2D eigenvalue weighted by Crippen LogP contribution is -2.12. The third kappa shape index (κ3) is 3.43. The second-order valence-electron chi connectivity index (χ2n) is 3.57. The maximum Gasteiger partial charge on any atom is 0.257 e. The Bertz CT molecular complexity index is 652. The van der Waals surface area contributed by atoms with E-state index in [1.54, 1.807) is 6.07 Å². The molecule has 7 heteroatoms. The summed E-state index contributed by atoms with van der Waals surface area (Å²) in [4.78, 5) is 15.8. The van der Waals surface area contributed by atoms with Gasteiger partial charge in [0.05, 0.1) is 26.9 Å². The molecule has 98 valence electrons. The van der Waals surface area contributed by atoms with Gasteiger partial charge in [0, 0.05) is 0 Å². The van der Waals surface area contributed by atoms with Crippen LogP contribution in [0.2, 0.25) is 10.2 Å². The lowest BCUT2D eigenvalue weighted by Gasteiger charge is -2.07. The van der Waals surface area contributed by atoms with E-state index in [0.29, 0.717) is 10.2 Å². The Morgan fingerprint density at radius 2 is 2.05 bits per heavy atom. The third-order valence-corrected chi connectivity index (χ3v) is 3.68. The fourth-order valence-corrected chi connectivity index (χ4v) is 2.07. The highest BCUT2D eigenvalue weighted by atomic mass is 79.9. The average molecular weight is 364 g/mol. The molecule has 0 saturated carbocycles. The Balaban J connectivity index is 2.23. The largest absolute Gasteiger partial charge is 0.321 e. The van der Waals surface area contributed by atoms with Gasteiger partial charge in [-0.25, -0.2) is 9.37 Å². The van der Waals surface area contributed by atoms with E-state index >= 15 is 0 Å². The first-order valence-electron chi connectivity index (χ1n) is 5.05. The van der Waals surface area contributed by atoms with E-state index in [4.69, 9.17) is 23.2 Å². The molecule has 0 saturated heterocycles. The lowest BCUT2D eigenvalue weighted by molar-refractivity contribution is 0.102. The van der Waals surface area contributed by atoms with Crippen LogP contribution in [0.4, 0.5) is 10.1 Å². The molecular formula is C12H6BrCl2FN2O. The zero-order valence-corrected chi connectivity index (χ0v) is 12.4. The van der Waals surface area contributed by atoms with Crippen molar-refractivity contribution in [1.29, 1.82) is 0 Å². The van der Waals surface area contributed by atoms with Crippen LogP contribution in [0.25, 0.3) is 0 Å². The molecule has 3 nitrogen and oxygen atoms in total. The number of anilines is 1. The van der Waals surface area contributed by atoms with Gasteiger partial charge >= 0.3 is 0 Å². The van der Waals surface area contributed by atoms with Crippen molar-refractivity contribution in [3.05, 3.63) is 56.5 Å². The van der Waals surface area contributed by atoms with Crippen LogP contribution in [-0.2, 0) is 0 Å². The summed E-state index contributed by atoms with van der Waals surface area (Å²) in [6.45, 7) is 0. The first kappa shape index (κ1) is 14.2. The van der Waals surface area contributed by atoms with Gasteiger partial charge in [-0.15, -0.1) is 0 Å². The van der Waals surface area contributed by atoms with Crippen LogP contribution in [0.5, 0.6) is 0 Å². The Morgan fingerprint density at radius 1 is 1.32 bits per heavy atom. The molecule has 0 radical (unpaired) electrons. The van der Waals surface area contributed by atoms with Gasteiger partial charge in [-0.2, -0.15) is 0 Å². The summed E-state index contributed by atoms with van der Waals surface area (Å²) in [5, 5.41) is 2.92. The van der Waals surface area contributed by atoms with Crippen molar-refractivity contribution in [3.63, 3.8) is 0 Å². The second-order valence-corrected chi connectivity index (χ2v) is 5.19.